The first kappa shape index (κ1) is 15.4. The van der Waals surface area contributed by atoms with Gasteiger partial charge in [-0.3, -0.25) is 14.4 Å². The predicted molar refractivity (Wildman–Crippen MR) is 61.2 cm³/mol. The molecule has 0 rings (SSSR count). The van der Waals surface area contributed by atoms with E-state index in [-0.39, 0.29) is 25.3 Å². The Morgan fingerprint density at radius 1 is 1.29 bits per heavy atom. The summed E-state index contributed by atoms with van der Waals surface area (Å²) in [7, 11) is 0. The zero-order chi connectivity index (χ0) is 13.3. The molecule has 7 heteroatoms. The molecule has 2 amide bonds. The average Bonchev–Trinajstić information content (AvgIpc) is 2.29. The average molecular weight is 245 g/mol. The van der Waals surface area contributed by atoms with E-state index in [4.69, 9.17) is 10.8 Å². The van der Waals surface area contributed by atoms with Crippen molar-refractivity contribution >= 4 is 17.8 Å². The van der Waals surface area contributed by atoms with E-state index >= 15 is 0 Å². The highest BCUT2D eigenvalue weighted by Gasteiger charge is 2.15. The number of nitrogens with two attached hydrogens (primary N) is 1. The smallest absolute Gasteiger partial charge is 0.303 e. The molecule has 0 aliphatic heterocycles. The highest BCUT2D eigenvalue weighted by molar-refractivity contribution is 5.87. The standard InChI is InChI=1S/C10H19N3O4/c1-2-5-12-8(14)6-13-10(17)7(11)3-4-9(15)16/h7H,2-6,11H2,1H3,(H,12,14)(H,13,17)(H,15,16). The lowest BCUT2D eigenvalue weighted by Crippen LogP contribution is -2.45. The number of carbonyl (C=O) groups is 3. The molecule has 1 unspecified atom stereocenters. The van der Waals surface area contributed by atoms with Crippen LogP contribution in [0.1, 0.15) is 26.2 Å². The number of hydrogen-bond acceptors (Lipinski definition) is 4. The van der Waals surface area contributed by atoms with Gasteiger partial charge in [-0.25, -0.2) is 0 Å². The Bertz CT molecular complexity index is 281. The zero-order valence-electron chi connectivity index (χ0n) is 9.86. The normalized spacial score (nSPS) is 11.6. The topological polar surface area (TPSA) is 122 Å². The second kappa shape index (κ2) is 8.51. The summed E-state index contributed by atoms with van der Waals surface area (Å²) in [5.41, 5.74) is 5.44. The van der Waals surface area contributed by atoms with Gasteiger partial charge in [-0.15, -0.1) is 0 Å². The number of hydrogen-bond donors (Lipinski definition) is 4. The van der Waals surface area contributed by atoms with Crippen LogP contribution in [-0.2, 0) is 14.4 Å². The van der Waals surface area contributed by atoms with Gasteiger partial charge in [0, 0.05) is 13.0 Å². The highest BCUT2D eigenvalue weighted by Crippen LogP contribution is 1.94. The Balaban J connectivity index is 3.77. The van der Waals surface area contributed by atoms with Crippen molar-refractivity contribution in [3.8, 4) is 0 Å². The molecule has 0 aromatic carbocycles. The maximum Gasteiger partial charge on any atom is 0.303 e. The number of aliphatic carboxylic acids is 1. The lowest BCUT2D eigenvalue weighted by molar-refractivity contribution is -0.137. The van der Waals surface area contributed by atoms with Crippen LogP contribution in [0.15, 0.2) is 0 Å². The Morgan fingerprint density at radius 3 is 2.47 bits per heavy atom. The van der Waals surface area contributed by atoms with Crippen LogP contribution in [0.5, 0.6) is 0 Å². The van der Waals surface area contributed by atoms with E-state index in [1.54, 1.807) is 0 Å². The van der Waals surface area contributed by atoms with E-state index in [1.807, 2.05) is 6.92 Å². The summed E-state index contributed by atoms with van der Waals surface area (Å²) in [5.74, 6) is -1.81. The monoisotopic (exact) mass is 245 g/mol. The van der Waals surface area contributed by atoms with Gasteiger partial charge in [0.15, 0.2) is 0 Å². The van der Waals surface area contributed by atoms with Crippen molar-refractivity contribution in [1.82, 2.24) is 10.6 Å². The first-order valence-electron chi connectivity index (χ1n) is 5.49. The van der Waals surface area contributed by atoms with Gasteiger partial charge in [-0.2, -0.15) is 0 Å². The molecule has 0 radical (unpaired) electrons. The van der Waals surface area contributed by atoms with Crippen molar-refractivity contribution in [2.75, 3.05) is 13.1 Å². The first-order valence-corrected chi connectivity index (χ1v) is 5.49. The van der Waals surface area contributed by atoms with E-state index in [9.17, 15) is 14.4 Å². The van der Waals surface area contributed by atoms with Crippen molar-refractivity contribution in [1.29, 1.82) is 0 Å². The summed E-state index contributed by atoms with van der Waals surface area (Å²) in [6.45, 7) is 2.33. The van der Waals surface area contributed by atoms with Crippen LogP contribution in [0.4, 0.5) is 0 Å². The van der Waals surface area contributed by atoms with E-state index < -0.39 is 17.9 Å². The largest absolute Gasteiger partial charge is 0.481 e. The SMILES string of the molecule is CCCNC(=O)CNC(=O)C(N)CCC(=O)O. The molecule has 0 aromatic rings. The molecule has 0 aliphatic carbocycles. The van der Waals surface area contributed by atoms with Gasteiger partial charge in [0.2, 0.25) is 11.8 Å². The Morgan fingerprint density at radius 2 is 1.94 bits per heavy atom. The molecule has 98 valence electrons. The van der Waals surface area contributed by atoms with Crippen LogP contribution in [-0.4, -0.2) is 42.0 Å². The minimum atomic E-state index is -1.01. The third-order valence-electron chi connectivity index (χ3n) is 2.00. The molecule has 7 nitrogen and oxygen atoms in total. The molecule has 0 heterocycles. The summed E-state index contributed by atoms with van der Waals surface area (Å²) >= 11 is 0. The van der Waals surface area contributed by atoms with Crippen molar-refractivity contribution in [2.45, 2.75) is 32.2 Å². The zero-order valence-corrected chi connectivity index (χ0v) is 9.86. The summed E-state index contributed by atoms with van der Waals surface area (Å²) in [6, 6.07) is -0.898. The van der Waals surface area contributed by atoms with Crippen LogP contribution in [0.2, 0.25) is 0 Å². The summed E-state index contributed by atoms with van der Waals surface area (Å²) < 4.78 is 0. The van der Waals surface area contributed by atoms with Crippen LogP contribution in [0.3, 0.4) is 0 Å². The fourth-order valence-electron chi connectivity index (χ4n) is 1.04. The maximum absolute atomic E-state index is 11.3. The third kappa shape index (κ3) is 8.21. The fourth-order valence-corrected chi connectivity index (χ4v) is 1.04. The number of nitrogens with one attached hydrogen (secondary N) is 2. The molecule has 0 aliphatic rings. The highest BCUT2D eigenvalue weighted by atomic mass is 16.4. The van der Waals surface area contributed by atoms with Gasteiger partial charge >= 0.3 is 5.97 Å². The van der Waals surface area contributed by atoms with Crippen LogP contribution in [0, 0.1) is 0 Å². The molecular weight excluding hydrogens is 226 g/mol. The molecule has 0 bridgehead atoms. The Labute approximate surface area is 99.7 Å². The van der Waals surface area contributed by atoms with E-state index in [0.29, 0.717) is 6.54 Å². The summed E-state index contributed by atoms with van der Waals surface area (Å²) in [5, 5.41) is 13.3. The van der Waals surface area contributed by atoms with Crippen molar-refractivity contribution in [2.24, 2.45) is 5.73 Å². The lowest BCUT2D eigenvalue weighted by Gasteiger charge is -2.11. The van der Waals surface area contributed by atoms with Crippen molar-refractivity contribution in [3.05, 3.63) is 0 Å². The summed E-state index contributed by atoms with van der Waals surface area (Å²) in [6.07, 6.45) is 0.701. The number of amides is 2. The van der Waals surface area contributed by atoms with Crippen LogP contribution < -0.4 is 16.4 Å². The number of carboxylic acids is 1. The molecule has 1 atom stereocenters. The molecule has 0 saturated carbocycles. The van der Waals surface area contributed by atoms with Crippen LogP contribution in [0.25, 0.3) is 0 Å². The fraction of sp³-hybridized carbons (Fsp3) is 0.700. The molecular formula is C10H19N3O4. The lowest BCUT2D eigenvalue weighted by atomic mass is 10.1. The minimum Gasteiger partial charge on any atom is -0.481 e. The molecule has 17 heavy (non-hydrogen) atoms. The van der Waals surface area contributed by atoms with Crippen molar-refractivity contribution in [3.63, 3.8) is 0 Å². The molecule has 0 spiro atoms. The van der Waals surface area contributed by atoms with Gasteiger partial charge < -0.3 is 21.5 Å². The molecule has 0 aromatic heterocycles. The molecule has 0 saturated heterocycles. The van der Waals surface area contributed by atoms with Gasteiger partial charge in [0.1, 0.15) is 0 Å². The van der Waals surface area contributed by atoms with Gasteiger partial charge in [-0.05, 0) is 12.8 Å². The van der Waals surface area contributed by atoms with Gasteiger partial charge in [-0.1, -0.05) is 6.92 Å². The predicted octanol–water partition coefficient (Wildman–Crippen LogP) is -1.18. The molecule has 5 N–H and O–H groups in total. The number of carboxylic acid groups (broad SMARTS) is 1. The Kier molecular flexibility index (Phi) is 7.70. The van der Waals surface area contributed by atoms with Crippen LogP contribution >= 0.6 is 0 Å². The van der Waals surface area contributed by atoms with E-state index in [1.165, 1.54) is 0 Å². The second-order valence-electron chi connectivity index (χ2n) is 3.61. The number of rotatable bonds is 8. The summed E-state index contributed by atoms with van der Waals surface area (Å²) in [4.78, 5) is 32.7. The molecule has 0 fully saturated rings. The van der Waals surface area contributed by atoms with E-state index in [0.717, 1.165) is 6.42 Å². The second-order valence-corrected chi connectivity index (χ2v) is 3.61. The quantitative estimate of drug-likeness (QED) is 0.429. The first-order chi connectivity index (χ1) is 7.97. The maximum atomic E-state index is 11.3. The number of carbonyl (C=O) groups excluding carboxylic acids is 2. The third-order valence-corrected chi connectivity index (χ3v) is 2.00. The van der Waals surface area contributed by atoms with Gasteiger partial charge in [0.05, 0.1) is 12.6 Å². The van der Waals surface area contributed by atoms with Gasteiger partial charge in [0.25, 0.3) is 0 Å². The minimum absolute atomic E-state index is 0.0533. The van der Waals surface area contributed by atoms with Crippen molar-refractivity contribution < 1.29 is 19.5 Å². The van der Waals surface area contributed by atoms with E-state index in [2.05, 4.69) is 10.6 Å². The Hall–Kier alpha value is -1.63.